The Kier molecular flexibility index (Phi) is 3.41. The van der Waals surface area contributed by atoms with E-state index in [1.165, 1.54) is 21.3 Å². The number of quaternary nitrogens is 1. The number of nitrogens with zero attached hydrogens (tertiary/aromatic N) is 2. The standard InChI is InChI=1S/C16H19N3OS/c1-12-17-15-13-4-2-3-5-14(13)19(16(15)21-12)7-6-18-8-10-20-11-9-18/h2-5H,6-11H2,1H3/p+1. The largest absolute Gasteiger partial charge is 0.370 e. The number of aromatic nitrogens is 2. The van der Waals surface area contributed by atoms with Crippen LogP contribution in [0.25, 0.3) is 21.3 Å². The predicted molar refractivity (Wildman–Crippen MR) is 86.2 cm³/mol. The first kappa shape index (κ1) is 13.2. The molecule has 5 heteroatoms. The van der Waals surface area contributed by atoms with E-state index in [1.54, 1.807) is 4.90 Å². The van der Waals surface area contributed by atoms with Gasteiger partial charge < -0.3 is 14.2 Å². The lowest BCUT2D eigenvalue weighted by Crippen LogP contribution is -3.14. The maximum atomic E-state index is 5.44. The molecule has 0 bridgehead atoms. The first-order chi connectivity index (χ1) is 10.3. The lowest BCUT2D eigenvalue weighted by atomic mass is 10.2. The van der Waals surface area contributed by atoms with E-state index in [4.69, 9.17) is 9.72 Å². The highest BCUT2D eigenvalue weighted by molar-refractivity contribution is 7.18. The summed E-state index contributed by atoms with van der Waals surface area (Å²) in [7, 11) is 0. The molecule has 4 nitrogen and oxygen atoms in total. The van der Waals surface area contributed by atoms with Gasteiger partial charge in [0.05, 0.1) is 36.8 Å². The molecule has 0 radical (unpaired) electrons. The van der Waals surface area contributed by atoms with Crippen molar-refractivity contribution in [3.63, 3.8) is 0 Å². The minimum absolute atomic E-state index is 0.900. The van der Waals surface area contributed by atoms with Crippen LogP contribution in [0, 0.1) is 6.92 Å². The number of fused-ring (bicyclic) bond motifs is 3. The third-order valence-electron chi connectivity index (χ3n) is 4.30. The van der Waals surface area contributed by atoms with Crippen LogP contribution in [0.1, 0.15) is 5.01 Å². The van der Waals surface area contributed by atoms with Crippen molar-refractivity contribution in [2.75, 3.05) is 32.8 Å². The van der Waals surface area contributed by atoms with Crippen LogP contribution in [0.4, 0.5) is 0 Å². The number of morpholine rings is 1. The van der Waals surface area contributed by atoms with Gasteiger partial charge in [-0.3, -0.25) is 0 Å². The van der Waals surface area contributed by atoms with E-state index in [1.807, 2.05) is 11.3 Å². The Balaban J connectivity index is 1.71. The van der Waals surface area contributed by atoms with Gasteiger partial charge in [0.2, 0.25) is 0 Å². The van der Waals surface area contributed by atoms with Crippen LogP contribution in [-0.4, -0.2) is 42.4 Å². The average Bonchev–Trinajstić information content (AvgIpc) is 3.02. The normalized spacial score (nSPS) is 17.0. The molecule has 4 rings (SSSR count). The third kappa shape index (κ3) is 2.35. The molecule has 1 aliphatic heterocycles. The summed E-state index contributed by atoms with van der Waals surface area (Å²) < 4.78 is 7.90. The maximum absolute atomic E-state index is 5.44. The van der Waals surface area contributed by atoms with E-state index in [2.05, 4.69) is 35.8 Å². The third-order valence-corrected chi connectivity index (χ3v) is 5.29. The summed E-state index contributed by atoms with van der Waals surface area (Å²) in [5.41, 5.74) is 2.49. The van der Waals surface area contributed by atoms with Gasteiger partial charge in [-0.1, -0.05) is 18.2 Å². The summed E-state index contributed by atoms with van der Waals surface area (Å²) in [6.07, 6.45) is 0. The Morgan fingerprint density at radius 3 is 2.95 bits per heavy atom. The van der Waals surface area contributed by atoms with Gasteiger partial charge in [-0.25, -0.2) is 4.98 Å². The summed E-state index contributed by atoms with van der Waals surface area (Å²) in [6, 6.07) is 8.63. The molecule has 21 heavy (non-hydrogen) atoms. The van der Waals surface area contributed by atoms with Gasteiger partial charge in [-0.2, -0.15) is 0 Å². The molecule has 3 aromatic rings. The van der Waals surface area contributed by atoms with E-state index in [9.17, 15) is 0 Å². The second-order valence-corrected chi connectivity index (χ2v) is 6.85. The zero-order valence-electron chi connectivity index (χ0n) is 12.3. The second kappa shape index (κ2) is 5.40. The van der Waals surface area contributed by atoms with E-state index < -0.39 is 0 Å². The molecule has 110 valence electrons. The average molecular weight is 302 g/mol. The summed E-state index contributed by atoms with van der Waals surface area (Å²) in [4.78, 5) is 7.69. The van der Waals surface area contributed by atoms with Crippen LogP contribution < -0.4 is 4.90 Å². The van der Waals surface area contributed by atoms with Crippen molar-refractivity contribution in [1.82, 2.24) is 9.55 Å². The molecule has 1 fully saturated rings. The lowest BCUT2D eigenvalue weighted by Gasteiger charge is -2.24. The molecule has 3 heterocycles. The smallest absolute Gasteiger partial charge is 0.124 e. The molecular formula is C16H20N3OS+. The number of hydrogen-bond donors (Lipinski definition) is 1. The molecule has 0 spiro atoms. The Morgan fingerprint density at radius 1 is 1.29 bits per heavy atom. The van der Waals surface area contributed by atoms with Crippen LogP contribution in [0.2, 0.25) is 0 Å². The number of hydrogen-bond acceptors (Lipinski definition) is 3. The van der Waals surface area contributed by atoms with E-state index in [0.29, 0.717) is 0 Å². The fraction of sp³-hybridized carbons (Fsp3) is 0.438. The van der Waals surface area contributed by atoms with E-state index in [0.717, 1.165) is 44.4 Å². The van der Waals surface area contributed by atoms with Crippen molar-refractivity contribution in [3.05, 3.63) is 29.3 Å². The first-order valence-corrected chi connectivity index (χ1v) is 8.40. The molecule has 0 unspecified atom stereocenters. The number of rotatable bonds is 3. The minimum atomic E-state index is 0.900. The molecule has 0 atom stereocenters. The zero-order chi connectivity index (χ0) is 14.2. The lowest BCUT2D eigenvalue weighted by molar-refractivity contribution is -0.908. The van der Waals surface area contributed by atoms with Gasteiger partial charge in [0.15, 0.2) is 0 Å². The van der Waals surface area contributed by atoms with Crippen LogP contribution in [-0.2, 0) is 11.3 Å². The Bertz CT molecular complexity index is 770. The van der Waals surface area contributed by atoms with Gasteiger partial charge in [-0.15, -0.1) is 11.3 Å². The molecule has 0 saturated carbocycles. The second-order valence-electron chi connectivity index (χ2n) is 5.67. The number of para-hydroxylation sites is 1. The maximum Gasteiger partial charge on any atom is 0.124 e. The molecule has 0 amide bonds. The zero-order valence-corrected chi connectivity index (χ0v) is 13.1. The predicted octanol–water partition coefficient (Wildman–Crippen LogP) is 1.47. The van der Waals surface area contributed by atoms with Crippen molar-refractivity contribution < 1.29 is 9.64 Å². The van der Waals surface area contributed by atoms with Crippen molar-refractivity contribution in [3.8, 4) is 0 Å². The molecule has 1 saturated heterocycles. The van der Waals surface area contributed by atoms with Crippen molar-refractivity contribution in [2.24, 2.45) is 0 Å². The molecule has 1 aliphatic rings. The van der Waals surface area contributed by atoms with Crippen molar-refractivity contribution in [1.29, 1.82) is 0 Å². The SMILES string of the molecule is Cc1nc2c3ccccc3n(CC[NH+]3CCOCC3)c2s1. The number of thiazole rings is 1. The highest BCUT2D eigenvalue weighted by Gasteiger charge is 2.17. The van der Waals surface area contributed by atoms with Crippen LogP contribution >= 0.6 is 11.3 Å². The summed E-state index contributed by atoms with van der Waals surface area (Å²) >= 11 is 1.81. The fourth-order valence-electron chi connectivity index (χ4n) is 3.20. The van der Waals surface area contributed by atoms with Crippen LogP contribution in [0.5, 0.6) is 0 Å². The minimum Gasteiger partial charge on any atom is -0.370 e. The Hall–Kier alpha value is -1.43. The number of benzene rings is 1. The molecular weight excluding hydrogens is 282 g/mol. The Labute approximate surface area is 127 Å². The Morgan fingerprint density at radius 2 is 2.10 bits per heavy atom. The van der Waals surface area contributed by atoms with E-state index >= 15 is 0 Å². The number of ether oxygens (including phenoxy) is 1. The van der Waals surface area contributed by atoms with Gasteiger partial charge >= 0.3 is 0 Å². The van der Waals surface area contributed by atoms with Gasteiger partial charge in [0.1, 0.15) is 23.4 Å². The molecule has 1 aromatic carbocycles. The fourth-order valence-corrected chi connectivity index (χ4v) is 4.16. The molecule has 2 aromatic heterocycles. The van der Waals surface area contributed by atoms with Gasteiger partial charge in [-0.05, 0) is 13.0 Å². The highest BCUT2D eigenvalue weighted by Crippen LogP contribution is 2.32. The summed E-state index contributed by atoms with van der Waals surface area (Å²) in [6.45, 7) is 8.37. The van der Waals surface area contributed by atoms with E-state index in [-0.39, 0.29) is 0 Å². The number of nitrogens with one attached hydrogen (secondary N) is 1. The first-order valence-electron chi connectivity index (χ1n) is 7.58. The highest BCUT2D eigenvalue weighted by atomic mass is 32.1. The monoisotopic (exact) mass is 302 g/mol. The van der Waals surface area contributed by atoms with Crippen molar-refractivity contribution >= 4 is 32.6 Å². The van der Waals surface area contributed by atoms with Crippen molar-refractivity contribution in [2.45, 2.75) is 13.5 Å². The molecule has 0 aliphatic carbocycles. The van der Waals surface area contributed by atoms with Gasteiger partial charge in [0, 0.05) is 5.39 Å². The van der Waals surface area contributed by atoms with Crippen LogP contribution in [0.15, 0.2) is 24.3 Å². The summed E-state index contributed by atoms with van der Waals surface area (Å²) in [5.74, 6) is 0. The topological polar surface area (TPSA) is 31.5 Å². The summed E-state index contributed by atoms with van der Waals surface area (Å²) in [5, 5.41) is 2.44. The van der Waals surface area contributed by atoms with Gasteiger partial charge in [0.25, 0.3) is 0 Å². The molecule has 1 N–H and O–H groups in total. The quantitative estimate of drug-likeness (QED) is 0.794. The van der Waals surface area contributed by atoms with Crippen LogP contribution in [0.3, 0.4) is 0 Å². The number of aryl methyl sites for hydroxylation is 1.